The Hall–Kier alpha value is -3.43. The highest BCUT2D eigenvalue weighted by molar-refractivity contribution is 7.92. The Bertz CT molecular complexity index is 1350. The van der Waals surface area contributed by atoms with Gasteiger partial charge in [-0.25, -0.2) is 12.8 Å². The summed E-state index contributed by atoms with van der Waals surface area (Å²) in [7, 11) is -3.92. The summed E-state index contributed by atoms with van der Waals surface area (Å²) in [6, 6.07) is 20.1. The van der Waals surface area contributed by atoms with Gasteiger partial charge in [0.15, 0.2) is 0 Å². The van der Waals surface area contributed by atoms with Crippen molar-refractivity contribution < 1.29 is 22.4 Å². The normalized spacial score (nSPS) is 12.2. The van der Waals surface area contributed by atoms with Crippen LogP contribution in [-0.2, 0) is 32.6 Å². The van der Waals surface area contributed by atoms with Crippen molar-refractivity contribution in [2.24, 2.45) is 5.92 Å². The number of nitrogens with zero attached hydrogens (tertiary/aromatic N) is 2. The summed E-state index contributed by atoms with van der Waals surface area (Å²) < 4.78 is 39.9. The van der Waals surface area contributed by atoms with Crippen LogP contribution < -0.4 is 9.62 Å². The van der Waals surface area contributed by atoms with Gasteiger partial charge >= 0.3 is 0 Å². The lowest BCUT2D eigenvalue weighted by atomic mass is 10.0. The van der Waals surface area contributed by atoms with Gasteiger partial charge in [-0.1, -0.05) is 67.9 Å². The average molecular weight is 574 g/mol. The highest BCUT2D eigenvalue weighted by Gasteiger charge is 2.33. The second-order valence-electron chi connectivity index (χ2n) is 9.74. The van der Waals surface area contributed by atoms with Crippen LogP contribution in [0.2, 0.25) is 5.02 Å². The molecule has 0 unspecified atom stereocenters. The number of rotatable bonds is 12. The topological polar surface area (TPSA) is 86.8 Å². The molecule has 3 rings (SSSR count). The van der Waals surface area contributed by atoms with E-state index in [-0.39, 0.29) is 30.5 Å². The first kappa shape index (κ1) is 30.1. The van der Waals surface area contributed by atoms with Crippen molar-refractivity contribution in [3.8, 4) is 0 Å². The number of nitrogens with one attached hydrogen (secondary N) is 1. The van der Waals surface area contributed by atoms with Gasteiger partial charge in [0, 0.05) is 24.5 Å². The molecule has 0 aromatic heterocycles. The van der Waals surface area contributed by atoms with E-state index in [9.17, 15) is 22.4 Å². The van der Waals surface area contributed by atoms with Crippen LogP contribution in [0.1, 0.15) is 25.0 Å². The molecule has 0 heterocycles. The zero-order chi connectivity index (χ0) is 28.6. The molecule has 1 N–H and O–H groups in total. The summed E-state index contributed by atoms with van der Waals surface area (Å²) in [5, 5.41) is 3.45. The lowest BCUT2D eigenvalue weighted by molar-refractivity contribution is -0.140. The van der Waals surface area contributed by atoms with Crippen molar-refractivity contribution in [2.45, 2.75) is 32.9 Å². The molecule has 1 atom stereocenters. The third kappa shape index (κ3) is 9.07. The van der Waals surface area contributed by atoms with Gasteiger partial charge in [0.2, 0.25) is 21.8 Å². The van der Waals surface area contributed by atoms with E-state index < -0.39 is 34.3 Å². The minimum absolute atomic E-state index is 0.0453. The monoisotopic (exact) mass is 573 g/mol. The van der Waals surface area contributed by atoms with Crippen LogP contribution in [0.3, 0.4) is 0 Å². The molecule has 208 valence electrons. The molecule has 7 nitrogen and oxygen atoms in total. The fourth-order valence-electron chi connectivity index (χ4n) is 3.98. The van der Waals surface area contributed by atoms with E-state index in [0.717, 1.165) is 33.8 Å². The van der Waals surface area contributed by atoms with Crippen molar-refractivity contribution in [1.82, 2.24) is 10.2 Å². The van der Waals surface area contributed by atoms with E-state index in [0.29, 0.717) is 11.6 Å². The Balaban J connectivity index is 2.03. The predicted molar refractivity (Wildman–Crippen MR) is 152 cm³/mol. The maximum atomic E-state index is 13.9. The van der Waals surface area contributed by atoms with Crippen molar-refractivity contribution in [2.75, 3.05) is 23.7 Å². The summed E-state index contributed by atoms with van der Waals surface area (Å²) >= 11 is 6.06. The first-order valence-corrected chi connectivity index (χ1v) is 14.8. The largest absolute Gasteiger partial charge is 0.354 e. The van der Waals surface area contributed by atoms with Crippen molar-refractivity contribution in [3.63, 3.8) is 0 Å². The van der Waals surface area contributed by atoms with Crippen molar-refractivity contribution in [1.29, 1.82) is 0 Å². The van der Waals surface area contributed by atoms with Crippen LogP contribution in [0, 0.1) is 11.7 Å². The van der Waals surface area contributed by atoms with Gasteiger partial charge in [-0.15, -0.1) is 0 Å². The quantitative estimate of drug-likeness (QED) is 0.341. The van der Waals surface area contributed by atoms with Gasteiger partial charge in [0.1, 0.15) is 18.4 Å². The number of amides is 2. The van der Waals surface area contributed by atoms with E-state index in [4.69, 9.17) is 11.6 Å². The molecule has 0 aliphatic carbocycles. The van der Waals surface area contributed by atoms with E-state index >= 15 is 0 Å². The zero-order valence-electron chi connectivity index (χ0n) is 22.2. The maximum absolute atomic E-state index is 13.9. The first-order valence-electron chi connectivity index (χ1n) is 12.5. The minimum Gasteiger partial charge on any atom is -0.354 e. The molecule has 3 aromatic carbocycles. The van der Waals surface area contributed by atoms with Crippen LogP contribution in [0.25, 0.3) is 0 Å². The molecular weight excluding hydrogens is 541 g/mol. The maximum Gasteiger partial charge on any atom is 0.244 e. The number of halogens is 2. The fourth-order valence-corrected chi connectivity index (χ4v) is 4.96. The highest BCUT2D eigenvalue weighted by Crippen LogP contribution is 2.21. The smallest absolute Gasteiger partial charge is 0.244 e. The number of hydrogen-bond acceptors (Lipinski definition) is 4. The molecule has 0 saturated carbocycles. The SMILES string of the molecule is CC(C)CNC(=O)[C@H](Cc1ccccc1)N(Cc1ccc(Cl)cc1)C(=O)CN(c1ccc(F)cc1)S(C)(=O)=O. The Morgan fingerprint density at radius 3 is 2.10 bits per heavy atom. The van der Waals surface area contributed by atoms with Crippen LogP contribution >= 0.6 is 11.6 Å². The Labute approximate surface area is 234 Å². The second kappa shape index (κ2) is 13.6. The second-order valence-corrected chi connectivity index (χ2v) is 12.1. The summed E-state index contributed by atoms with van der Waals surface area (Å²) in [4.78, 5) is 28.9. The summed E-state index contributed by atoms with van der Waals surface area (Å²) in [6.07, 6.45) is 1.20. The van der Waals surface area contributed by atoms with Crippen LogP contribution in [0.4, 0.5) is 10.1 Å². The predicted octanol–water partition coefficient (Wildman–Crippen LogP) is 4.66. The van der Waals surface area contributed by atoms with Gasteiger partial charge < -0.3 is 10.2 Å². The molecule has 0 spiro atoms. The number of hydrogen-bond donors (Lipinski definition) is 1. The molecule has 0 bridgehead atoms. The molecule has 0 aliphatic rings. The van der Waals surface area contributed by atoms with Crippen molar-refractivity contribution in [3.05, 3.63) is 101 Å². The van der Waals surface area contributed by atoms with E-state index in [1.807, 2.05) is 44.2 Å². The lowest BCUT2D eigenvalue weighted by Crippen LogP contribution is -2.53. The molecule has 3 aromatic rings. The third-order valence-electron chi connectivity index (χ3n) is 6.02. The number of carbonyl (C=O) groups excluding carboxylic acids is 2. The fraction of sp³-hybridized carbons (Fsp3) is 0.310. The highest BCUT2D eigenvalue weighted by atomic mass is 35.5. The van der Waals surface area contributed by atoms with Gasteiger partial charge in [0.25, 0.3) is 0 Å². The molecule has 0 radical (unpaired) electrons. The lowest BCUT2D eigenvalue weighted by Gasteiger charge is -2.33. The van der Waals surface area contributed by atoms with E-state index in [1.165, 1.54) is 17.0 Å². The molecule has 0 saturated heterocycles. The number of anilines is 1. The standard InChI is InChI=1S/C29H33ClFN3O4S/c1-21(2)18-32-29(36)27(17-22-7-5-4-6-8-22)33(19-23-9-11-24(30)12-10-23)28(35)20-34(39(3,37)38)26-15-13-25(31)14-16-26/h4-16,21,27H,17-20H2,1-3H3,(H,32,36)/t27-/m0/s1. The van der Waals surface area contributed by atoms with Crippen LogP contribution in [0.5, 0.6) is 0 Å². The summed E-state index contributed by atoms with van der Waals surface area (Å²) in [5.41, 5.74) is 1.70. The summed E-state index contributed by atoms with van der Waals surface area (Å²) in [5.74, 6) is -1.28. The van der Waals surface area contributed by atoms with Gasteiger partial charge in [-0.2, -0.15) is 0 Å². The number of sulfonamides is 1. The zero-order valence-corrected chi connectivity index (χ0v) is 23.8. The third-order valence-corrected chi connectivity index (χ3v) is 7.41. The van der Waals surface area contributed by atoms with Gasteiger partial charge in [0.05, 0.1) is 11.9 Å². The van der Waals surface area contributed by atoms with Crippen LogP contribution in [-0.4, -0.2) is 50.5 Å². The molecule has 0 aliphatic heterocycles. The van der Waals surface area contributed by atoms with Crippen LogP contribution in [0.15, 0.2) is 78.9 Å². The van der Waals surface area contributed by atoms with E-state index in [2.05, 4.69) is 5.32 Å². The molecule has 39 heavy (non-hydrogen) atoms. The van der Waals surface area contributed by atoms with Crippen molar-refractivity contribution >= 4 is 39.1 Å². The van der Waals surface area contributed by atoms with Gasteiger partial charge in [-0.3, -0.25) is 13.9 Å². The molecule has 0 fully saturated rings. The summed E-state index contributed by atoms with van der Waals surface area (Å²) in [6.45, 7) is 3.83. The Morgan fingerprint density at radius 1 is 0.923 bits per heavy atom. The molecular formula is C29H33ClFN3O4S. The minimum atomic E-state index is -3.92. The van der Waals surface area contributed by atoms with E-state index in [1.54, 1.807) is 24.3 Å². The molecule has 2 amide bonds. The Morgan fingerprint density at radius 2 is 1.54 bits per heavy atom. The average Bonchev–Trinajstić information content (AvgIpc) is 2.89. The molecule has 10 heteroatoms. The number of carbonyl (C=O) groups is 2. The Kier molecular flexibility index (Phi) is 10.5. The number of benzene rings is 3. The first-order chi connectivity index (χ1) is 18.4. The van der Waals surface area contributed by atoms with Gasteiger partial charge in [-0.05, 0) is 53.4 Å².